The number of nitrogens with zero attached hydrogens (tertiary/aromatic N) is 1. The molecule has 0 saturated carbocycles. The fraction of sp³-hybridized carbons (Fsp3) is 0.303. The van der Waals surface area contributed by atoms with Gasteiger partial charge in [-0.15, -0.1) is 0 Å². The molecule has 1 fully saturated rings. The molecule has 198 valence electrons. The van der Waals surface area contributed by atoms with Crippen LogP contribution in [-0.4, -0.2) is 36.0 Å². The maximum atomic E-state index is 14.7. The van der Waals surface area contributed by atoms with Crippen LogP contribution < -0.4 is 9.64 Å². The number of rotatable bonds is 4. The molecular weight excluding hydrogens is 554 g/mol. The lowest BCUT2D eigenvalue weighted by atomic mass is 9.63. The number of para-hydroxylation sites is 1. The predicted octanol–water partition coefficient (Wildman–Crippen LogP) is 6.90. The van der Waals surface area contributed by atoms with E-state index in [0.717, 1.165) is 15.7 Å². The first-order valence-corrected chi connectivity index (χ1v) is 14.1. The molecule has 5 nitrogen and oxygen atoms in total. The third kappa shape index (κ3) is 3.53. The van der Waals surface area contributed by atoms with E-state index >= 15 is 0 Å². The van der Waals surface area contributed by atoms with Gasteiger partial charge < -0.3 is 9.64 Å². The van der Waals surface area contributed by atoms with E-state index in [1.54, 1.807) is 24.3 Å². The summed E-state index contributed by atoms with van der Waals surface area (Å²) in [5.74, 6) is -0.662. The van der Waals surface area contributed by atoms with Crippen molar-refractivity contribution in [3.63, 3.8) is 0 Å². The van der Waals surface area contributed by atoms with E-state index in [-0.39, 0.29) is 17.3 Å². The van der Waals surface area contributed by atoms with Crippen molar-refractivity contribution in [3.8, 4) is 5.75 Å². The molecule has 0 amide bonds. The Kier molecular flexibility index (Phi) is 5.96. The highest BCUT2D eigenvalue weighted by Gasteiger charge is 2.72. The number of anilines is 1. The van der Waals surface area contributed by atoms with E-state index in [2.05, 4.69) is 15.9 Å². The van der Waals surface area contributed by atoms with Gasteiger partial charge in [0.1, 0.15) is 11.2 Å². The Morgan fingerprint density at radius 3 is 2.26 bits per heavy atom. The molecular formula is C33H30BrNO4. The summed E-state index contributed by atoms with van der Waals surface area (Å²) in [4.78, 5) is 45.9. The third-order valence-corrected chi connectivity index (χ3v) is 8.82. The lowest BCUT2D eigenvalue weighted by molar-refractivity contribution is -0.127. The Labute approximate surface area is 237 Å². The number of carbonyl (C=O) groups is 3. The molecule has 1 saturated heterocycles. The molecule has 0 bridgehead atoms. The van der Waals surface area contributed by atoms with E-state index in [0.29, 0.717) is 29.0 Å². The summed E-state index contributed by atoms with van der Waals surface area (Å²) in [5, 5.41) is 0. The van der Waals surface area contributed by atoms with Gasteiger partial charge in [-0.05, 0) is 36.8 Å². The van der Waals surface area contributed by atoms with Crippen LogP contribution in [0.4, 0.5) is 5.69 Å². The summed E-state index contributed by atoms with van der Waals surface area (Å²) >= 11 is 3.57. The van der Waals surface area contributed by atoms with E-state index < -0.39 is 28.8 Å². The molecule has 3 atom stereocenters. The van der Waals surface area contributed by atoms with Crippen molar-refractivity contribution < 1.29 is 19.1 Å². The van der Waals surface area contributed by atoms with Crippen molar-refractivity contribution >= 4 is 45.0 Å². The van der Waals surface area contributed by atoms with Crippen LogP contribution in [0.3, 0.4) is 0 Å². The minimum absolute atomic E-state index is 0.0265. The highest BCUT2D eigenvalue weighted by Crippen LogP contribution is 2.62. The van der Waals surface area contributed by atoms with E-state index in [4.69, 9.17) is 4.74 Å². The second-order valence-electron chi connectivity index (χ2n) is 11.5. The van der Waals surface area contributed by atoms with Gasteiger partial charge in [0.2, 0.25) is 0 Å². The molecule has 0 aromatic heterocycles. The fourth-order valence-corrected chi connectivity index (χ4v) is 7.14. The van der Waals surface area contributed by atoms with Crippen molar-refractivity contribution in [2.45, 2.75) is 45.7 Å². The predicted molar refractivity (Wildman–Crippen MR) is 156 cm³/mol. The van der Waals surface area contributed by atoms with Gasteiger partial charge in [0.05, 0.1) is 18.7 Å². The Morgan fingerprint density at radius 2 is 1.62 bits per heavy atom. The summed E-state index contributed by atoms with van der Waals surface area (Å²) in [5.41, 5.74) is 1.05. The molecule has 3 aromatic rings. The summed E-state index contributed by atoms with van der Waals surface area (Å²) in [6, 6.07) is 19.1. The number of halogens is 1. The second-order valence-corrected chi connectivity index (χ2v) is 12.4. The number of Topliss-reactive ketones (excluding diaryl/α,β-unsaturated/α-hetero) is 3. The maximum absolute atomic E-state index is 14.7. The summed E-state index contributed by atoms with van der Waals surface area (Å²) < 4.78 is 6.99. The summed E-state index contributed by atoms with van der Waals surface area (Å²) in [6.07, 6.45) is 3.92. The number of ether oxygens (including phenoxy) is 1. The first kappa shape index (κ1) is 25.8. The molecule has 39 heavy (non-hydrogen) atoms. The number of benzene rings is 3. The van der Waals surface area contributed by atoms with Crippen molar-refractivity contribution in [1.82, 2.24) is 0 Å². The lowest BCUT2D eigenvalue weighted by Gasteiger charge is -2.38. The number of carbonyl (C=O) groups excluding carboxylic acids is 3. The van der Waals surface area contributed by atoms with Crippen LogP contribution in [0, 0.1) is 10.8 Å². The van der Waals surface area contributed by atoms with Crippen LogP contribution in [0.5, 0.6) is 5.75 Å². The molecule has 1 aliphatic carbocycles. The van der Waals surface area contributed by atoms with E-state index in [9.17, 15) is 14.4 Å². The first-order valence-electron chi connectivity index (χ1n) is 13.3. The van der Waals surface area contributed by atoms with E-state index in [1.165, 1.54) is 0 Å². The standard InChI is InChI=1S/C33H30BrNO4/c1-5-39-25-13-9-8-12-23(25)27-28(31(38)32(2,3)4)35-24-16-15-20(34)18-19(24)14-17-26(35)33(27)29(36)21-10-6-7-11-22(21)30(33)37/h6-18,26-28H,5H2,1-4H3/t26-,27+,28-/m0/s1. The zero-order chi connectivity index (χ0) is 27.7. The topological polar surface area (TPSA) is 63.7 Å². The van der Waals surface area contributed by atoms with Crippen molar-refractivity contribution in [2.75, 3.05) is 11.5 Å². The van der Waals surface area contributed by atoms with Crippen LogP contribution in [0.25, 0.3) is 6.08 Å². The Hall–Kier alpha value is -3.51. The molecule has 6 rings (SSSR count). The largest absolute Gasteiger partial charge is 0.494 e. The van der Waals surface area contributed by atoms with Gasteiger partial charge in [-0.2, -0.15) is 0 Å². The third-order valence-electron chi connectivity index (χ3n) is 8.33. The number of hydrogen-bond donors (Lipinski definition) is 0. The Bertz CT molecular complexity index is 1530. The molecule has 0 radical (unpaired) electrons. The van der Waals surface area contributed by atoms with Crippen LogP contribution >= 0.6 is 15.9 Å². The number of hydrogen-bond acceptors (Lipinski definition) is 5. The van der Waals surface area contributed by atoms with Gasteiger partial charge in [0.25, 0.3) is 0 Å². The SMILES string of the molecule is CCOc1ccccc1[C@@H]1[C@@H](C(=O)C(C)(C)C)N2c3ccc(Br)cc3C=C[C@H]2C12C(=O)c1ccccc1C2=O. The van der Waals surface area contributed by atoms with Crippen molar-refractivity contribution in [3.05, 3.63) is 99.5 Å². The number of fused-ring (bicyclic) bond motifs is 5. The first-order chi connectivity index (χ1) is 18.6. The smallest absolute Gasteiger partial charge is 0.180 e. The Morgan fingerprint density at radius 1 is 0.974 bits per heavy atom. The highest BCUT2D eigenvalue weighted by atomic mass is 79.9. The van der Waals surface area contributed by atoms with Gasteiger partial charge in [-0.1, -0.05) is 91.3 Å². The summed E-state index contributed by atoms with van der Waals surface area (Å²) in [6.45, 7) is 8.02. The molecule has 3 aliphatic rings. The highest BCUT2D eigenvalue weighted by molar-refractivity contribution is 9.10. The molecule has 2 aliphatic heterocycles. The molecule has 1 spiro atoms. The van der Waals surface area contributed by atoms with Gasteiger partial charge in [0, 0.05) is 38.2 Å². The molecule has 6 heteroatoms. The normalized spacial score (nSPS) is 22.6. The average molecular weight is 585 g/mol. The van der Waals surface area contributed by atoms with Gasteiger partial charge in [-0.25, -0.2) is 0 Å². The minimum atomic E-state index is -1.52. The van der Waals surface area contributed by atoms with Gasteiger partial charge in [-0.3, -0.25) is 14.4 Å². The van der Waals surface area contributed by atoms with E-state index in [1.807, 2.05) is 87.2 Å². The molecule has 0 unspecified atom stereocenters. The maximum Gasteiger partial charge on any atom is 0.180 e. The second kappa shape index (κ2) is 9.02. The van der Waals surface area contributed by atoms with Gasteiger partial charge in [0.15, 0.2) is 17.3 Å². The average Bonchev–Trinajstić information content (AvgIpc) is 3.34. The van der Waals surface area contributed by atoms with Crippen LogP contribution in [0.15, 0.2) is 77.3 Å². The number of ketones is 3. The van der Waals surface area contributed by atoms with Crippen molar-refractivity contribution in [1.29, 1.82) is 0 Å². The van der Waals surface area contributed by atoms with Gasteiger partial charge >= 0.3 is 0 Å². The molecule has 2 heterocycles. The fourth-order valence-electron chi connectivity index (χ4n) is 6.76. The summed E-state index contributed by atoms with van der Waals surface area (Å²) in [7, 11) is 0. The van der Waals surface area contributed by atoms with Crippen LogP contribution in [0.2, 0.25) is 0 Å². The van der Waals surface area contributed by atoms with Crippen LogP contribution in [0.1, 0.15) is 65.5 Å². The van der Waals surface area contributed by atoms with Crippen molar-refractivity contribution in [2.24, 2.45) is 10.8 Å². The monoisotopic (exact) mass is 583 g/mol. The molecule has 3 aromatic carbocycles. The lowest BCUT2D eigenvalue weighted by Crippen LogP contribution is -2.49. The molecule has 0 N–H and O–H groups in total. The van der Waals surface area contributed by atoms with Crippen LogP contribution in [-0.2, 0) is 4.79 Å². The zero-order valence-electron chi connectivity index (χ0n) is 22.4. The zero-order valence-corrected chi connectivity index (χ0v) is 24.0. The minimum Gasteiger partial charge on any atom is -0.494 e. The quantitative estimate of drug-likeness (QED) is 0.313. The Balaban J connectivity index is 1.72.